The number of alkyl halides is 5. The Hall–Kier alpha value is 1.17. The fraction of sp³-hybridized carbons (Fsp3) is 0.714. The highest BCUT2D eigenvalue weighted by atomic mass is 35.5. The zero-order chi connectivity index (χ0) is 13.4. The molecule has 0 saturated heterocycles. The molecule has 10 heteroatoms. The predicted molar refractivity (Wildman–Crippen MR) is 70.5 cm³/mol. The maximum atomic E-state index is 11.1. The van der Waals surface area contributed by atoms with Gasteiger partial charge in [0.1, 0.15) is 4.87 Å². The molecule has 0 aromatic rings. The van der Waals surface area contributed by atoms with Crippen LogP contribution < -0.4 is 0 Å². The summed E-state index contributed by atoms with van der Waals surface area (Å²) in [4.78, 5) is 4.32. The molecular weight excluding hydrogens is 378 g/mol. The van der Waals surface area contributed by atoms with Gasteiger partial charge in [-0.1, -0.05) is 46.4 Å². The Morgan fingerprint density at radius 1 is 1.06 bits per heavy atom. The van der Waals surface area contributed by atoms with E-state index in [0.717, 1.165) is 0 Å². The minimum absolute atomic E-state index is 0.112. The van der Waals surface area contributed by atoms with Crippen LogP contribution in [0.5, 0.6) is 0 Å². The van der Waals surface area contributed by atoms with Gasteiger partial charge in [0.25, 0.3) is 0 Å². The number of allylic oxidation sites excluding steroid dienone is 1. The summed E-state index contributed by atoms with van der Waals surface area (Å²) in [5, 5.41) is 10.7. The third-order valence-electron chi connectivity index (χ3n) is 3.07. The van der Waals surface area contributed by atoms with Crippen LogP contribution in [0.1, 0.15) is 6.42 Å². The van der Waals surface area contributed by atoms with Crippen molar-refractivity contribution in [3.8, 4) is 0 Å². The zero-order valence-corrected chi connectivity index (χ0v) is 12.9. The molecule has 3 unspecified atom stereocenters. The highest BCUT2D eigenvalue weighted by molar-refractivity contribution is 6.67. The molecular formula is C7H2Cl7NO2. The number of hydrogen-bond donors (Lipinski definition) is 0. The van der Waals surface area contributed by atoms with Crippen LogP contribution in [0.2, 0.25) is 0 Å². The van der Waals surface area contributed by atoms with Crippen LogP contribution in [0.25, 0.3) is 0 Å². The molecule has 1 saturated carbocycles. The van der Waals surface area contributed by atoms with Crippen LogP contribution in [0.3, 0.4) is 0 Å². The van der Waals surface area contributed by atoms with E-state index >= 15 is 0 Å². The van der Waals surface area contributed by atoms with Crippen LogP contribution in [-0.4, -0.2) is 24.0 Å². The Balaban J connectivity index is 2.80. The van der Waals surface area contributed by atoms with Gasteiger partial charge in [-0.3, -0.25) is 10.1 Å². The van der Waals surface area contributed by atoms with Crippen molar-refractivity contribution in [3.63, 3.8) is 0 Å². The third-order valence-corrected chi connectivity index (χ3v) is 7.98. The van der Waals surface area contributed by atoms with E-state index in [9.17, 15) is 10.1 Å². The molecule has 0 aromatic carbocycles. The molecule has 0 N–H and O–H groups in total. The van der Waals surface area contributed by atoms with E-state index in [0.29, 0.717) is 0 Å². The first kappa shape index (κ1) is 14.6. The molecule has 2 rings (SSSR count). The molecule has 2 aliphatic rings. The van der Waals surface area contributed by atoms with E-state index in [2.05, 4.69) is 0 Å². The number of rotatable bonds is 1. The van der Waals surface area contributed by atoms with Crippen molar-refractivity contribution in [2.75, 3.05) is 0 Å². The smallest absolute Gasteiger partial charge is 0.263 e. The van der Waals surface area contributed by atoms with Crippen LogP contribution in [0.15, 0.2) is 10.1 Å². The Kier molecular flexibility index (Phi) is 3.11. The minimum Gasteiger partial charge on any atom is -0.263 e. The van der Waals surface area contributed by atoms with Crippen LogP contribution >= 0.6 is 81.2 Å². The SMILES string of the molecule is O=[N+]([O-])C1(Cl)CC2(Cl)C(Cl)=C(Cl)C1(Cl)C2(Cl)Cl. The van der Waals surface area contributed by atoms with E-state index in [4.69, 9.17) is 81.2 Å². The summed E-state index contributed by atoms with van der Waals surface area (Å²) in [6, 6.07) is 0. The molecule has 0 aliphatic heterocycles. The van der Waals surface area contributed by atoms with Gasteiger partial charge in [0.2, 0.25) is 4.87 Å². The monoisotopic (exact) mass is 377 g/mol. The molecule has 0 aromatic heterocycles. The second kappa shape index (κ2) is 3.63. The summed E-state index contributed by atoms with van der Waals surface area (Å²) in [5.74, 6) is 0. The standard InChI is InChI=1S/C7H2Cl7NO2/c8-2-3(9)6(12)5(11,15(16)17)1-4(2,10)7(6,13)14/h1H2. The predicted octanol–water partition coefficient (Wildman–Crippen LogP) is 4.43. The van der Waals surface area contributed by atoms with Gasteiger partial charge in [-0.25, -0.2) is 0 Å². The molecule has 2 aliphatic carbocycles. The summed E-state index contributed by atoms with van der Waals surface area (Å²) >= 11 is 42.0. The van der Waals surface area contributed by atoms with Crippen molar-refractivity contribution in [2.45, 2.75) is 25.5 Å². The molecule has 1 fully saturated rings. The van der Waals surface area contributed by atoms with Gasteiger partial charge >= 0.3 is 5.00 Å². The number of nitro groups is 1. The van der Waals surface area contributed by atoms with Gasteiger partial charge in [0, 0.05) is 4.92 Å². The lowest BCUT2D eigenvalue weighted by molar-refractivity contribution is -0.544. The van der Waals surface area contributed by atoms with Crippen molar-refractivity contribution in [1.29, 1.82) is 0 Å². The first-order valence-corrected chi connectivity index (χ1v) is 6.76. The molecule has 96 valence electrons. The maximum Gasteiger partial charge on any atom is 0.324 e. The van der Waals surface area contributed by atoms with E-state index in [1.165, 1.54) is 0 Å². The molecule has 0 amide bonds. The Morgan fingerprint density at radius 3 is 1.82 bits per heavy atom. The van der Waals surface area contributed by atoms with Gasteiger partial charge < -0.3 is 0 Å². The van der Waals surface area contributed by atoms with Gasteiger partial charge in [-0.2, -0.15) is 0 Å². The summed E-state index contributed by atoms with van der Waals surface area (Å²) in [7, 11) is 0. The number of halogens is 7. The molecule has 17 heavy (non-hydrogen) atoms. The largest absolute Gasteiger partial charge is 0.324 e. The van der Waals surface area contributed by atoms with E-state index in [1.807, 2.05) is 0 Å². The first-order valence-electron chi connectivity index (χ1n) is 4.12. The van der Waals surface area contributed by atoms with Crippen LogP contribution in [-0.2, 0) is 0 Å². The summed E-state index contributed by atoms with van der Waals surface area (Å²) in [6.07, 6.45) is -0.429. The lowest BCUT2D eigenvalue weighted by Gasteiger charge is -2.32. The lowest BCUT2D eigenvalue weighted by atomic mass is 10.00. The fourth-order valence-electron chi connectivity index (χ4n) is 2.11. The van der Waals surface area contributed by atoms with E-state index in [1.54, 1.807) is 0 Å². The highest BCUT2D eigenvalue weighted by Gasteiger charge is 2.89. The summed E-state index contributed by atoms with van der Waals surface area (Å²) in [6.45, 7) is 0. The fourth-order valence-corrected chi connectivity index (χ4v) is 5.55. The van der Waals surface area contributed by atoms with Crippen molar-refractivity contribution in [3.05, 3.63) is 20.2 Å². The van der Waals surface area contributed by atoms with Gasteiger partial charge in [0.05, 0.1) is 16.5 Å². The second-order valence-corrected chi connectivity index (χ2v) is 7.78. The summed E-state index contributed by atoms with van der Waals surface area (Å²) in [5.41, 5.74) is 0. The average Bonchev–Trinajstić information content (AvgIpc) is 2.39. The van der Waals surface area contributed by atoms with Crippen molar-refractivity contribution >= 4 is 81.2 Å². The first-order chi connectivity index (χ1) is 7.47. The topological polar surface area (TPSA) is 43.1 Å². The number of hydrogen-bond acceptors (Lipinski definition) is 2. The third kappa shape index (κ3) is 1.25. The Labute approximate surface area is 131 Å². The number of nitrogens with zero attached hydrogens (tertiary/aromatic N) is 1. The molecule has 0 spiro atoms. The van der Waals surface area contributed by atoms with Crippen LogP contribution in [0.4, 0.5) is 0 Å². The van der Waals surface area contributed by atoms with E-state index < -0.39 is 30.4 Å². The van der Waals surface area contributed by atoms with Gasteiger partial charge in [-0.05, 0) is 11.6 Å². The van der Waals surface area contributed by atoms with Gasteiger partial charge in [0.15, 0.2) is 4.33 Å². The molecule has 3 atom stereocenters. The van der Waals surface area contributed by atoms with E-state index in [-0.39, 0.29) is 10.1 Å². The zero-order valence-electron chi connectivity index (χ0n) is 7.62. The van der Waals surface area contributed by atoms with Crippen molar-refractivity contribution in [1.82, 2.24) is 0 Å². The minimum atomic E-state index is -2.21. The molecule has 0 radical (unpaired) electrons. The molecule has 0 heterocycles. The van der Waals surface area contributed by atoms with Crippen molar-refractivity contribution < 1.29 is 4.92 Å². The molecule has 2 bridgehead atoms. The van der Waals surface area contributed by atoms with Crippen LogP contribution in [0, 0.1) is 10.1 Å². The maximum absolute atomic E-state index is 11.1. The molecule has 3 nitrogen and oxygen atoms in total. The summed E-state index contributed by atoms with van der Waals surface area (Å²) < 4.78 is -1.98. The Morgan fingerprint density at radius 2 is 1.53 bits per heavy atom. The Bertz CT molecular complexity index is 465. The lowest BCUT2D eigenvalue weighted by Crippen LogP contribution is -2.54. The highest BCUT2D eigenvalue weighted by Crippen LogP contribution is 2.76. The second-order valence-electron chi connectivity index (χ2n) is 3.86. The quantitative estimate of drug-likeness (QED) is 0.292. The number of fused-ring (bicyclic) bond motifs is 2. The average molecular weight is 380 g/mol. The normalized spacial score (nSPS) is 47.7. The van der Waals surface area contributed by atoms with Crippen molar-refractivity contribution in [2.24, 2.45) is 0 Å². The van der Waals surface area contributed by atoms with Gasteiger partial charge in [-0.15, -0.1) is 23.2 Å².